The van der Waals surface area contributed by atoms with Crippen LogP contribution in [0.4, 0.5) is 0 Å². The zero-order valence-electron chi connectivity index (χ0n) is 16.2. The average molecular weight is 521 g/mol. The lowest BCUT2D eigenvalue weighted by molar-refractivity contribution is -0.120. The van der Waals surface area contributed by atoms with E-state index in [0.29, 0.717) is 22.6 Å². The zero-order valence-corrected chi connectivity index (χ0v) is 18.4. The van der Waals surface area contributed by atoms with E-state index in [1.165, 1.54) is 4.68 Å². The minimum absolute atomic E-state index is 0.0649. The molecule has 31 heavy (non-hydrogen) atoms. The number of amidine groups is 1. The second-order valence-electron chi connectivity index (χ2n) is 6.97. The van der Waals surface area contributed by atoms with Gasteiger partial charge in [0.15, 0.2) is 11.7 Å². The van der Waals surface area contributed by atoms with Crippen LogP contribution in [-0.4, -0.2) is 27.9 Å². The largest absolute Gasteiger partial charge is 0.280 e. The Bertz CT molecular complexity index is 1380. The highest BCUT2D eigenvalue weighted by Gasteiger charge is 2.28. The van der Waals surface area contributed by atoms with Crippen LogP contribution in [0.5, 0.6) is 0 Å². The molecule has 3 aromatic carbocycles. The predicted octanol–water partition coefficient (Wildman–Crippen LogP) is 3.10. The summed E-state index contributed by atoms with van der Waals surface area (Å²) in [6.07, 6.45) is 0. The fourth-order valence-electron chi connectivity index (χ4n) is 3.53. The molecule has 0 spiro atoms. The van der Waals surface area contributed by atoms with Gasteiger partial charge in [-0.15, -0.1) is 0 Å². The molecule has 0 saturated heterocycles. The third-order valence-corrected chi connectivity index (χ3v) is 5.61. The number of halogens is 1. The van der Waals surface area contributed by atoms with Crippen LogP contribution in [0.25, 0.3) is 22.3 Å². The molecule has 0 bridgehead atoms. The molecule has 1 aliphatic rings. The molecule has 0 radical (unpaired) electrons. The Hall–Kier alpha value is -3.53. The van der Waals surface area contributed by atoms with Gasteiger partial charge in [-0.2, -0.15) is 9.78 Å². The van der Waals surface area contributed by atoms with Crippen LogP contribution in [0, 0.1) is 3.57 Å². The number of nitrogens with zero attached hydrogens (tertiary/aromatic N) is 4. The number of rotatable bonds is 3. The molecular formula is C23H16IN5O2. The van der Waals surface area contributed by atoms with E-state index in [0.717, 1.165) is 14.7 Å². The van der Waals surface area contributed by atoms with Crippen molar-refractivity contribution in [1.82, 2.24) is 15.1 Å². The number of carbonyl (C=O) groups is 1. The van der Waals surface area contributed by atoms with Gasteiger partial charge in [-0.25, -0.2) is 15.4 Å². The minimum atomic E-state index is -0.312. The fraction of sp³-hybridized carbons (Fsp3) is 0.0435. The summed E-state index contributed by atoms with van der Waals surface area (Å²) >= 11 is 2.17. The van der Waals surface area contributed by atoms with E-state index in [-0.39, 0.29) is 18.0 Å². The SMILES string of the molecule is O=C1CN(n2c(-c3ccccc3)nc3ccc(I)cc3c2=O)C(c2ccccc2)=NN1. The molecule has 0 fully saturated rings. The fourth-order valence-corrected chi connectivity index (χ4v) is 4.02. The monoisotopic (exact) mass is 521 g/mol. The van der Waals surface area contributed by atoms with Gasteiger partial charge in [-0.05, 0) is 40.8 Å². The topological polar surface area (TPSA) is 79.6 Å². The number of hydrazone groups is 1. The first-order valence-corrected chi connectivity index (χ1v) is 10.7. The van der Waals surface area contributed by atoms with Crippen molar-refractivity contribution in [3.8, 4) is 11.4 Å². The molecule has 0 atom stereocenters. The van der Waals surface area contributed by atoms with E-state index in [4.69, 9.17) is 4.98 Å². The van der Waals surface area contributed by atoms with Crippen molar-refractivity contribution >= 4 is 45.2 Å². The molecule has 1 aliphatic heterocycles. The zero-order chi connectivity index (χ0) is 21.4. The summed E-state index contributed by atoms with van der Waals surface area (Å²) in [5.74, 6) is 0.595. The maximum Gasteiger partial charge on any atom is 0.280 e. The maximum atomic E-state index is 13.7. The van der Waals surface area contributed by atoms with E-state index in [1.54, 1.807) is 11.1 Å². The summed E-state index contributed by atoms with van der Waals surface area (Å²) in [5, 5.41) is 6.33. The van der Waals surface area contributed by atoms with Gasteiger partial charge in [0.1, 0.15) is 6.54 Å². The molecule has 5 rings (SSSR count). The molecule has 1 amide bonds. The molecule has 2 heterocycles. The molecule has 0 saturated carbocycles. The Morgan fingerprint density at radius 1 is 0.871 bits per heavy atom. The number of amides is 1. The van der Waals surface area contributed by atoms with Crippen LogP contribution in [0.2, 0.25) is 0 Å². The molecule has 0 aliphatic carbocycles. The lowest BCUT2D eigenvalue weighted by atomic mass is 10.1. The molecule has 8 heteroatoms. The summed E-state index contributed by atoms with van der Waals surface area (Å²) in [5.41, 5.74) is 4.40. The third-order valence-electron chi connectivity index (χ3n) is 4.94. The van der Waals surface area contributed by atoms with Crippen LogP contribution >= 0.6 is 22.6 Å². The number of hydrogen-bond acceptors (Lipinski definition) is 5. The summed E-state index contributed by atoms with van der Waals surface area (Å²) in [6, 6.07) is 24.4. The number of benzene rings is 3. The Labute approximate surface area is 191 Å². The Kier molecular flexibility index (Phi) is 4.99. The Balaban J connectivity index is 1.82. The average Bonchev–Trinajstić information content (AvgIpc) is 2.80. The maximum absolute atomic E-state index is 13.7. The lowest BCUT2D eigenvalue weighted by Gasteiger charge is -2.31. The van der Waals surface area contributed by atoms with Crippen LogP contribution in [0.1, 0.15) is 5.56 Å². The van der Waals surface area contributed by atoms with Gasteiger partial charge in [0.25, 0.3) is 11.5 Å². The van der Waals surface area contributed by atoms with Gasteiger partial charge in [-0.3, -0.25) is 9.59 Å². The summed E-state index contributed by atoms with van der Waals surface area (Å²) in [6.45, 7) is -0.0649. The third kappa shape index (κ3) is 3.59. The van der Waals surface area contributed by atoms with E-state index in [1.807, 2.05) is 72.8 Å². The van der Waals surface area contributed by atoms with Crippen LogP contribution < -0.4 is 16.0 Å². The summed E-state index contributed by atoms with van der Waals surface area (Å²) in [4.78, 5) is 30.9. The summed E-state index contributed by atoms with van der Waals surface area (Å²) in [7, 11) is 0. The molecule has 0 unspecified atom stereocenters. The van der Waals surface area contributed by atoms with E-state index in [9.17, 15) is 9.59 Å². The molecule has 4 aromatic rings. The minimum Gasteiger partial charge on any atom is -0.271 e. The van der Waals surface area contributed by atoms with Crippen molar-refractivity contribution in [3.05, 3.63) is 98.4 Å². The van der Waals surface area contributed by atoms with Crippen molar-refractivity contribution in [2.75, 3.05) is 11.6 Å². The smallest absolute Gasteiger partial charge is 0.271 e. The molecule has 7 nitrogen and oxygen atoms in total. The van der Waals surface area contributed by atoms with Gasteiger partial charge in [0.2, 0.25) is 0 Å². The Morgan fingerprint density at radius 2 is 1.55 bits per heavy atom. The second kappa shape index (κ2) is 7.95. The molecule has 1 N–H and O–H groups in total. The quantitative estimate of drug-likeness (QED) is 0.421. The second-order valence-corrected chi connectivity index (χ2v) is 8.22. The number of hydrogen-bond donors (Lipinski definition) is 1. The number of carbonyl (C=O) groups excluding carboxylic acids is 1. The lowest BCUT2D eigenvalue weighted by Crippen LogP contribution is -2.55. The van der Waals surface area contributed by atoms with Crippen molar-refractivity contribution in [2.45, 2.75) is 0 Å². The van der Waals surface area contributed by atoms with Gasteiger partial charge >= 0.3 is 0 Å². The van der Waals surface area contributed by atoms with Crippen LogP contribution in [-0.2, 0) is 4.79 Å². The van der Waals surface area contributed by atoms with Crippen molar-refractivity contribution in [3.63, 3.8) is 0 Å². The van der Waals surface area contributed by atoms with E-state index in [2.05, 4.69) is 33.1 Å². The van der Waals surface area contributed by atoms with Gasteiger partial charge in [0, 0.05) is 14.7 Å². The first kappa shape index (κ1) is 19.4. The molecular weight excluding hydrogens is 505 g/mol. The summed E-state index contributed by atoms with van der Waals surface area (Å²) < 4.78 is 2.38. The molecule has 152 valence electrons. The van der Waals surface area contributed by atoms with E-state index < -0.39 is 0 Å². The van der Waals surface area contributed by atoms with Crippen LogP contribution in [0.3, 0.4) is 0 Å². The van der Waals surface area contributed by atoms with Gasteiger partial charge < -0.3 is 0 Å². The highest BCUT2D eigenvalue weighted by molar-refractivity contribution is 14.1. The number of aromatic nitrogens is 2. The first-order chi connectivity index (χ1) is 15.1. The number of nitrogens with one attached hydrogen (secondary N) is 1. The Morgan fingerprint density at radius 3 is 2.26 bits per heavy atom. The highest BCUT2D eigenvalue weighted by Crippen LogP contribution is 2.21. The van der Waals surface area contributed by atoms with Crippen molar-refractivity contribution in [1.29, 1.82) is 0 Å². The van der Waals surface area contributed by atoms with E-state index >= 15 is 0 Å². The van der Waals surface area contributed by atoms with Gasteiger partial charge in [0.05, 0.1) is 10.9 Å². The highest BCUT2D eigenvalue weighted by atomic mass is 127. The normalized spacial score (nSPS) is 13.8. The standard InChI is InChI=1S/C23H16IN5O2/c24-17-11-12-19-18(13-17)23(31)29(21(25-19)15-7-3-1-4-8-15)28-14-20(30)26-27-22(28)16-9-5-2-6-10-16/h1-13H,14H2,(H,26,30). The van der Waals surface area contributed by atoms with Gasteiger partial charge in [-0.1, -0.05) is 60.7 Å². The predicted molar refractivity (Wildman–Crippen MR) is 128 cm³/mol. The van der Waals surface area contributed by atoms with Crippen molar-refractivity contribution < 1.29 is 4.79 Å². The van der Waals surface area contributed by atoms with Crippen LogP contribution in [0.15, 0.2) is 88.8 Å². The molecule has 1 aromatic heterocycles. The van der Waals surface area contributed by atoms with Crippen molar-refractivity contribution in [2.24, 2.45) is 5.10 Å². The first-order valence-electron chi connectivity index (χ1n) is 9.59. The number of fused-ring (bicyclic) bond motifs is 1.